The van der Waals surface area contributed by atoms with Crippen LogP contribution in [0.25, 0.3) is 16.9 Å². The predicted molar refractivity (Wildman–Crippen MR) is 76.1 cm³/mol. The van der Waals surface area contributed by atoms with E-state index in [9.17, 15) is 9.59 Å². The van der Waals surface area contributed by atoms with E-state index >= 15 is 0 Å². The van der Waals surface area contributed by atoms with Crippen molar-refractivity contribution in [1.82, 2.24) is 29.8 Å². The molecule has 0 atom stereocenters. The SMILES string of the molecule is Cn1nncc1-c1cncc(-n2nc(C(N)=O)ccc2=O)c1. The second-order valence-corrected chi connectivity index (χ2v) is 4.51. The molecular formula is C13H11N7O2. The number of amides is 1. The van der Waals surface area contributed by atoms with Crippen LogP contribution in [0.4, 0.5) is 0 Å². The number of rotatable bonds is 3. The van der Waals surface area contributed by atoms with E-state index in [2.05, 4.69) is 20.4 Å². The number of carbonyl (C=O) groups is 1. The van der Waals surface area contributed by atoms with Gasteiger partial charge in [0, 0.05) is 24.9 Å². The predicted octanol–water partition coefficient (Wildman–Crippen LogP) is -0.478. The molecule has 0 aliphatic rings. The third kappa shape index (κ3) is 2.35. The van der Waals surface area contributed by atoms with Gasteiger partial charge in [-0.3, -0.25) is 14.6 Å². The van der Waals surface area contributed by atoms with Crippen molar-refractivity contribution in [2.24, 2.45) is 12.8 Å². The highest BCUT2D eigenvalue weighted by atomic mass is 16.1. The van der Waals surface area contributed by atoms with Gasteiger partial charge in [-0.05, 0) is 12.1 Å². The number of hydrogen-bond donors (Lipinski definition) is 1. The fourth-order valence-electron chi connectivity index (χ4n) is 1.96. The Kier molecular flexibility index (Phi) is 3.22. The summed E-state index contributed by atoms with van der Waals surface area (Å²) < 4.78 is 2.65. The van der Waals surface area contributed by atoms with Gasteiger partial charge in [-0.1, -0.05) is 5.21 Å². The van der Waals surface area contributed by atoms with Crippen molar-refractivity contribution in [1.29, 1.82) is 0 Å². The monoisotopic (exact) mass is 297 g/mol. The van der Waals surface area contributed by atoms with E-state index in [1.165, 1.54) is 18.3 Å². The molecule has 0 bridgehead atoms. The number of aromatic nitrogens is 6. The lowest BCUT2D eigenvalue weighted by Gasteiger charge is -2.07. The quantitative estimate of drug-likeness (QED) is 0.697. The summed E-state index contributed by atoms with van der Waals surface area (Å²) >= 11 is 0. The molecule has 0 saturated heterocycles. The van der Waals surface area contributed by atoms with Crippen LogP contribution in [0.2, 0.25) is 0 Å². The van der Waals surface area contributed by atoms with Crippen molar-refractivity contribution >= 4 is 5.91 Å². The summed E-state index contributed by atoms with van der Waals surface area (Å²) in [6.45, 7) is 0. The van der Waals surface area contributed by atoms with E-state index in [1.54, 1.807) is 30.2 Å². The Balaban J connectivity index is 2.14. The van der Waals surface area contributed by atoms with Gasteiger partial charge in [0.15, 0.2) is 0 Å². The molecule has 1 amide bonds. The van der Waals surface area contributed by atoms with Crippen LogP contribution in [0.1, 0.15) is 10.5 Å². The first kappa shape index (κ1) is 13.6. The van der Waals surface area contributed by atoms with Crippen LogP contribution in [0.3, 0.4) is 0 Å². The second kappa shape index (κ2) is 5.20. The molecule has 2 N–H and O–H groups in total. The zero-order valence-electron chi connectivity index (χ0n) is 11.5. The van der Waals surface area contributed by atoms with E-state index in [0.29, 0.717) is 11.3 Å². The van der Waals surface area contributed by atoms with E-state index in [-0.39, 0.29) is 5.69 Å². The van der Waals surface area contributed by atoms with Crippen LogP contribution >= 0.6 is 0 Å². The fourth-order valence-corrected chi connectivity index (χ4v) is 1.96. The second-order valence-electron chi connectivity index (χ2n) is 4.51. The number of hydrogen-bond acceptors (Lipinski definition) is 6. The molecule has 3 rings (SSSR count). The third-order valence-corrected chi connectivity index (χ3v) is 3.03. The van der Waals surface area contributed by atoms with Gasteiger partial charge in [-0.25, -0.2) is 4.68 Å². The molecule has 0 spiro atoms. The Labute approximate surface area is 124 Å². The molecule has 0 saturated carbocycles. The van der Waals surface area contributed by atoms with Crippen molar-refractivity contribution in [3.8, 4) is 16.9 Å². The molecule has 22 heavy (non-hydrogen) atoms. The van der Waals surface area contributed by atoms with Gasteiger partial charge < -0.3 is 5.73 Å². The zero-order valence-corrected chi connectivity index (χ0v) is 11.5. The van der Waals surface area contributed by atoms with Gasteiger partial charge in [-0.2, -0.15) is 9.78 Å². The maximum Gasteiger partial charge on any atom is 0.271 e. The number of pyridine rings is 1. The van der Waals surface area contributed by atoms with Gasteiger partial charge >= 0.3 is 0 Å². The maximum atomic E-state index is 11.9. The minimum Gasteiger partial charge on any atom is -0.364 e. The molecule has 3 aromatic rings. The highest BCUT2D eigenvalue weighted by molar-refractivity contribution is 5.90. The van der Waals surface area contributed by atoms with Crippen LogP contribution in [-0.4, -0.2) is 35.7 Å². The van der Waals surface area contributed by atoms with Crippen LogP contribution in [0.5, 0.6) is 0 Å². The molecule has 0 radical (unpaired) electrons. The van der Waals surface area contributed by atoms with E-state index in [0.717, 1.165) is 10.4 Å². The van der Waals surface area contributed by atoms with Crippen molar-refractivity contribution in [3.05, 3.63) is 52.8 Å². The minimum absolute atomic E-state index is 0.00722. The highest BCUT2D eigenvalue weighted by Gasteiger charge is 2.10. The Morgan fingerprint density at radius 2 is 2.05 bits per heavy atom. The topological polar surface area (TPSA) is 122 Å². The summed E-state index contributed by atoms with van der Waals surface area (Å²) in [6, 6.07) is 4.21. The number of aryl methyl sites for hydroxylation is 1. The Hall–Kier alpha value is -3.36. The van der Waals surface area contributed by atoms with Crippen LogP contribution in [-0.2, 0) is 7.05 Å². The molecule has 0 aliphatic heterocycles. The molecular weight excluding hydrogens is 286 g/mol. The summed E-state index contributed by atoms with van der Waals surface area (Å²) in [7, 11) is 1.74. The van der Waals surface area contributed by atoms with E-state index in [4.69, 9.17) is 5.73 Å². The molecule has 3 heterocycles. The van der Waals surface area contributed by atoms with E-state index < -0.39 is 11.5 Å². The lowest BCUT2D eigenvalue weighted by molar-refractivity contribution is 0.0994. The average Bonchev–Trinajstić information content (AvgIpc) is 2.94. The lowest BCUT2D eigenvalue weighted by Crippen LogP contribution is -2.25. The zero-order chi connectivity index (χ0) is 15.7. The number of nitrogens with zero attached hydrogens (tertiary/aromatic N) is 6. The Morgan fingerprint density at radius 1 is 1.23 bits per heavy atom. The molecule has 110 valence electrons. The summed E-state index contributed by atoms with van der Waals surface area (Å²) in [5.41, 5.74) is 6.63. The maximum absolute atomic E-state index is 11.9. The normalized spacial score (nSPS) is 10.6. The van der Waals surface area contributed by atoms with Gasteiger partial charge in [0.25, 0.3) is 11.5 Å². The molecule has 3 aromatic heterocycles. The van der Waals surface area contributed by atoms with E-state index in [1.807, 2.05) is 0 Å². The fraction of sp³-hybridized carbons (Fsp3) is 0.0769. The van der Waals surface area contributed by atoms with Crippen LogP contribution in [0, 0.1) is 0 Å². The first-order valence-electron chi connectivity index (χ1n) is 6.27. The summed E-state index contributed by atoms with van der Waals surface area (Å²) in [4.78, 5) is 27.2. The molecule has 0 fully saturated rings. The minimum atomic E-state index is -0.714. The largest absolute Gasteiger partial charge is 0.364 e. The van der Waals surface area contributed by atoms with Crippen LogP contribution < -0.4 is 11.3 Å². The Bertz CT molecular complexity index is 913. The number of nitrogens with two attached hydrogens (primary N) is 1. The summed E-state index contributed by atoms with van der Waals surface area (Å²) in [5, 5.41) is 11.6. The van der Waals surface area contributed by atoms with Crippen molar-refractivity contribution in [2.45, 2.75) is 0 Å². The lowest BCUT2D eigenvalue weighted by atomic mass is 10.2. The van der Waals surface area contributed by atoms with Gasteiger partial charge in [0.1, 0.15) is 5.69 Å². The summed E-state index contributed by atoms with van der Waals surface area (Å²) in [5.74, 6) is -0.714. The molecule has 9 nitrogen and oxygen atoms in total. The van der Waals surface area contributed by atoms with Gasteiger partial charge in [-0.15, -0.1) is 5.10 Å². The van der Waals surface area contributed by atoms with Crippen molar-refractivity contribution < 1.29 is 4.79 Å². The standard InChI is InChI=1S/C13H11N7O2/c1-19-11(7-16-18-19)8-4-9(6-15-5-8)20-12(21)3-2-10(17-20)13(14)22/h2-7H,1H3,(H2,14,22). The Morgan fingerprint density at radius 3 is 2.73 bits per heavy atom. The smallest absolute Gasteiger partial charge is 0.271 e. The number of carbonyl (C=O) groups excluding carboxylic acids is 1. The first-order valence-corrected chi connectivity index (χ1v) is 6.27. The highest BCUT2D eigenvalue weighted by Crippen LogP contribution is 2.18. The number of primary amides is 1. The molecule has 9 heteroatoms. The average molecular weight is 297 g/mol. The van der Waals surface area contributed by atoms with Crippen LogP contribution in [0.15, 0.2) is 41.6 Å². The van der Waals surface area contributed by atoms with Crippen molar-refractivity contribution in [2.75, 3.05) is 0 Å². The molecule has 0 aromatic carbocycles. The van der Waals surface area contributed by atoms with Gasteiger partial charge in [0.05, 0.1) is 23.8 Å². The third-order valence-electron chi connectivity index (χ3n) is 3.03. The van der Waals surface area contributed by atoms with Crippen molar-refractivity contribution in [3.63, 3.8) is 0 Å². The summed E-state index contributed by atoms with van der Waals surface area (Å²) in [6.07, 6.45) is 4.66. The first-order chi connectivity index (χ1) is 10.6. The van der Waals surface area contributed by atoms with Gasteiger partial charge in [0.2, 0.25) is 0 Å². The molecule has 0 unspecified atom stereocenters. The molecule has 0 aliphatic carbocycles.